The lowest BCUT2D eigenvalue weighted by Crippen LogP contribution is -2.36. The van der Waals surface area contributed by atoms with Gasteiger partial charge >= 0.3 is 0 Å². The summed E-state index contributed by atoms with van der Waals surface area (Å²) in [6, 6.07) is 16.6. The molecule has 0 unspecified atom stereocenters. The highest BCUT2D eigenvalue weighted by Crippen LogP contribution is 2.45. The largest absolute Gasteiger partial charge is 0.307 e. The van der Waals surface area contributed by atoms with Crippen molar-refractivity contribution in [3.63, 3.8) is 0 Å². The fraction of sp³-hybridized carbons (Fsp3) is 0.350. The topological polar surface area (TPSA) is 23.6 Å². The van der Waals surface area contributed by atoms with Gasteiger partial charge in [-0.1, -0.05) is 30.3 Å². The van der Waals surface area contributed by atoms with E-state index in [-0.39, 0.29) is 5.91 Å². The molecule has 23 heavy (non-hydrogen) atoms. The molecule has 2 atom stereocenters. The number of amides is 1. The van der Waals surface area contributed by atoms with E-state index < -0.39 is 0 Å². The fourth-order valence-corrected chi connectivity index (χ4v) is 4.07. The number of benzene rings is 2. The monoisotopic (exact) mass is 306 g/mol. The van der Waals surface area contributed by atoms with E-state index in [9.17, 15) is 4.79 Å². The highest BCUT2D eigenvalue weighted by Gasteiger charge is 2.39. The Balaban J connectivity index is 1.71. The van der Waals surface area contributed by atoms with Crippen LogP contribution in [0, 0.1) is 0 Å². The highest BCUT2D eigenvalue weighted by atomic mass is 16.2. The molecule has 0 saturated carbocycles. The van der Waals surface area contributed by atoms with E-state index in [1.165, 1.54) is 11.1 Å². The SMILES string of the molecule is CN(C)[C@H]1Cc2cccc3c2[C@H](C1)CN3C(=O)c1ccccc1. The third-order valence-electron chi connectivity index (χ3n) is 5.28. The normalized spacial score (nSPS) is 22.3. The van der Waals surface area contributed by atoms with Crippen molar-refractivity contribution in [2.24, 2.45) is 0 Å². The van der Waals surface area contributed by atoms with Crippen LogP contribution in [0.15, 0.2) is 48.5 Å². The van der Waals surface area contributed by atoms with Gasteiger partial charge < -0.3 is 9.80 Å². The maximum Gasteiger partial charge on any atom is 0.258 e. The van der Waals surface area contributed by atoms with Gasteiger partial charge in [0.15, 0.2) is 0 Å². The molecule has 0 spiro atoms. The Labute approximate surface area is 137 Å². The summed E-state index contributed by atoms with van der Waals surface area (Å²) in [6.45, 7) is 0.810. The molecule has 0 fully saturated rings. The molecule has 1 amide bonds. The molecule has 0 saturated heterocycles. The Hall–Kier alpha value is -2.13. The van der Waals surface area contributed by atoms with E-state index in [1.54, 1.807) is 0 Å². The van der Waals surface area contributed by atoms with Crippen LogP contribution < -0.4 is 4.90 Å². The Bertz CT molecular complexity index is 739. The zero-order chi connectivity index (χ0) is 16.0. The van der Waals surface area contributed by atoms with Crippen molar-refractivity contribution in [2.45, 2.75) is 24.8 Å². The van der Waals surface area contributed by atoms with Gasteiger partial charge in [0.1, 0.15) is 0 Å². The Morgan fingerprint density at radius 2 is 1.87 bits per heavy atom. The van der Waals surface area contributed by atoms with Gasteiger partial charge in [0.25, 0.3) is 5.91 Å². The number of carbonyl (C=O) groups excluding carboxylic acids is 1. The van der Waals surface area contributed by atoms with Crippen molar-refractivity contribution in [1.82, 2.24) is 4.90 Å². The van der Waals surface area contributed by atoms with Crippen LogP contribution in [0.5, 0.6) is 0 Å². The van der Waals surface area contributed by atoms with Crippen LogP contribution in [-0.2, 0) is 6.42 Å². The average molecular weight is 306 g/mol. The Morgan fingerprint density at radius 3 is 2.61 bits per heavy atom. The second-order valence-electron chi connectivity index (χ2n) is 6.89. The van der Waals surface area contributed by atoms with Gasteiger partial charge in [-0.3, -0.25) is 4.79 Å². The lowest BCUT2D eigenvalue weighted by atomic mass is 9.81. The van der Waals surface area contributed by atoms with Crippen LogP contribution in [0.4, 0.5) is 5.69 Å². The van der Waals surface area contributed by atoms with E-state index in [1.807, 2.05) is 35.2 Å². The molecule has 3 heteroatoms. The van der Waals surface area contributed by atoms with Crippen LogP contribution in [0.25, 0.3) is 0 Å². The summed E-state index contributed by atoms with van der Waals surface area (Å²) in [5, 5.41) is 0. The second kappa shape index (κ2) is 5.50. The number of nitrogens with zero attached hydrogens (tertiary/aromatic N) is 2. The number of hydrogen-bond donors (Lipinski definition) is 0. The fourth-order valence-electron chi connectivity index (χ4n) is 4.07. The molecule has 4 rings (SSSR count). The molecular formula is C20H22N2O. The van der Waals surface area contributed by atoms with Gasteiger partial charge in [0.2, 0.25) is 0 Å². The van der Waals surface area contributed by atoms with Gasteiger partial charge in [0, 0.05) is 29.8 Å². The summed E-state index contributed by atoms with van der Waals surface area (Å²) in [5.74, 6) is 0.588. The van der Waals surface area contributed by atoms with E-state index in [2.05, 4.69) is 37.2 Å². The first-order chi connectivity index (χ1) is 11.1. The van der Waals surface area contributed by atoms with Crippen LogP contribution in [0.3, 0.4) is 0 Å². The molecule has 0 aromatic heterocycles. The Kier molecular flexibility index (Phi) is 3.46. The number of hydrogen-bond acceptors (Lipinski definition) is 2. The van der Waals surface area contributed by atoms with Crippen molar-refractivity contribution in [3.8, 4) is 0 Å². The molecule has 2 aromatic rings. The summed E-state index contributed by atoms with van der Waals surface area (Å²) in [7, 11) is 4.31. The summed E-state index contributed by atoms with van der Waals surface area (Å²) in [6.07, 6.45) is 2.22. The molecule has 0 N–H and O–H groups in total. The molecule has 2 aromatic carbocycles. The number of rotatable bonds is 2. The molecule has 3 nitrogen and oxygen atoms in total. The first-order valence-electron chi connectivity index (χ1n) is 8.30. The van der Waals surface area contributed by atoms with Crippen molar-refractivity contribution >= 4 is 11.6 Å². The number of carbonyl (C=O) groups is 1. The van der Waals surface area contributed by atoms with E-state index in [0.717, 1.165) is 30.6 Å². The quantitative estimate of drug-likeness (QED) is 0.850. The molecule has 1 aliphatic heterocycles. The molecule has 1 aliphatic carbocycles. The lowest BCUT2D eigenvalue weighted by Gasteiger charge is -2.32. The summed E-state index contributed by atoms with van der Waals surface area (Å²) in [4.78, 5) is 17.2. The zero-order valence-electron chi connectivity index (χ0n) is 13.7. The molecule has 1 heterocycles. The standard InChI is InChI=1S/C20H22N2O/c1-21(2)17-11-15-9-6-10-18-19(15)16(12-17)13-22(18)20(23)14-7-4-3-5-8-14/h3-10,16-17H,11-13H2,1-2H3/t16-,17+/m1/s1. The van der Waals surface area contributed by atoms with Crippen molar-refractivity contribution < 1.29 is 4.79 Å². The second-order valence-corrected chi connectivity index (χ2v) is 6.89. The predicted molar refractivity (Wildman–Crippen MR) is 93.1 cm³/mol. The molecule has 118 valence electrons. The third-order valence-corrected chi connectivity index (χ3v) is 5.28. The molecule has 2 aliphatic rings. The van der Waals surface area contributed by atoms with Crippen LogP contribution in [0.1, 0.15) is 33.8 Å². The van der Waals surface area contributed by atoms with Crippen molar-refractivity contribution in [1.29, 1.82) is 0 Å². The molecule has 0 radical (unpaired) electrons. The van der Waals surface area contributed by atoms with Crippen LogP contribution in [-0.4, -0.2) is 37.5 Å². The Morgan fingerprint density at radius 1 is 1.09 bits per heavy atom. The summed E-state index contributed by atoms with van der Waals surface area (Å²) >= 11 is 0. The van der Waals surface area contributed by atoms with Crippen molar-refractivity contribution in [2.75, 3.05) is 25.5 Å². The van der Waals surface area contributed by atoms with Gasteiger partial charge in [-0.2, -0.15) is 0 Å². The maximum absolute atomic E-state index is 12.9. The van der Waals surface area contributed by atoms with Crippen LogP contribution in [0.2, 0.25) is 0 Å². The summed E-state index contributed by atoms with van der Waals surface area (Å²) in [5.41, 5.74) is 4.72. The minimum atomic E-state index is 0.120. The number of anilines is 1. The third kappa shape index (κ3) is 2.36. The van der Waals surface area contributed by atoms with Gasteiger partial charge in [-0.05, 0) is 56.3 Å². The molecule has 0 bridgehead atoms. The minimum absolute atomic E-state index is 0.120. The summed E-state index contributed by atoms with van der Waals surface area (Å²) < 4.78 is 0. The maximum atomic E-state index is 12.9. The van der Waals surface area contributed by atoms with E-state index in [4.69, 9.17) is 0 Å². The minimum Gasteiger partial charge on any atom is -0.307 e. The first-order valence-corrected chi connectivity index (χ1v) is 8.30. The smallest absolute Gasteiger partial charge is 0.258 e. The molecular weight excluding hydrogens is 284 g/mol. The van der Waals surface area contributed by atoms with Crippen LogP contribution >= 0.6 is 0 Å². The van der Waals surface area contributed by atoms with E-state index in [0.29, 0.717) is 12.0 Å². The average Bonchev–Trinajstić information content (AvgIpc) is 2.95. The van der Waals surface area contributed by atoms with Gasteiger partial charge in [0.05, 0.1) is 0 Å². The lowest BCUT2D eigenvalue weighted by molar-refractivity contribution is 0.0987. The van der Waals surface area contributed by atoms with Gasteiger partial charge in [-0.15, -0.1) is 0 Å². The van der Waals surface area contributed by atoms with Gasteiger partial charge in [-0.25, -0.2) is 0 Å². The van der Waals surface area contributed by atoms with Crippen molar-refractivity contribution in [3.05, 3.63) is 65.2 Å². The predicted octanol–water partition coefficient (Wildman–Crippen LogP) is 3.31. The number of likely N-dealkylation sites (N-methyl/N-ethyl adjacent to an activating group) is 1. The first kappa shape index (κ1) is 14.5. The van der Waals surface area contributed by atoms with E-state index >= 15 is 0 Å². The zero-order valence-corrected chi connectivity index (χ0v) is 13.7. The highest BCUT2D eigenvalue weighted by molar-refractivity contribution is 6.07.